The fraction of sp³-hybridized carbons (Fsp3) is 0.550. The molecule has 0 spiro atoms. The first-order valence-electron chi connectivity index (χ1n) is 8.88. The van der Waals surface area contributed by atoms with Crippen molar-refractivity contribution in [1.29, 1.82) is 0 Å². The summed E-state index contributed by atoms with van der Waals surface area (Å²) >= 11 is 0. The molecular weight excluding hydrogens is 286 g/mol. The number of allylic oxidation sites excluding steroid dienone is 2. The third-order valence-electron chi connectivity index (χ3n) is 4.92. The van der Waals surface area contributed by atoms with Gasteiger partial charge in [-0.3, -0.25) is 9.69 Å². The van der Waals surface area contributed by atoms with Gasteiger partial charge in [0.1, 0.15) is 6.10 Å². The number of carbonyl (C=O) groups excluding carboxylic acids is 1. The molecular formula is C20H27NO2. The molecule has 1 aliphatic carbocycles. The van der Waals surface area contributed by atoms with Crippen molar-refractivity contribution in [2.75, 3.05) is 19.6 Å². The van der Waals surface area contributed by atoms with Gasteiger partial charge in [-0.15, -0.1) is 0 Å². The van der Waals surface area contributed by atoms with E-state index in [4.69, 9.17) is 4.74 Å². The zero-order chi connectivity index (χ0) is 16.1. The topological polar surface area (TPSA) is 29.5 Å². The van der Waals surface area contributed by atoms with Crippen molar-refractivity contribution in [3.05, 3.63) is 48.0 Å². The Labute approximate surface area is 139 Å². The van der Waals surface area contributed by atoms with E-state index in [0.717, 1.165) is 38.0 Å². The molecule has 1 saturated heterocycles. The molecule has 0 unspecified atom stereocenters. The van der Waals surface area contributed by atoms with Gasteiger partial charge in [-0.25, -0.2) is 0 Å². The van der Waals surface area contributed by atoms with E-state index < -0.39 is 0 Å². The molecule has 23 heavy (non-hydrogen) atoms. The van der Waals surface area contributed by atoms with E-state index in [1.807, 2.05) is 37.3 Å². The number of hydrogen-bond acceptors (Lipinski definition) is 3. The zero-order valence-corrected chi connectivity index (χ0v) is 14.0. The number of likely N-dealkylation sites (tertiary alicyclic amines) is 1. The van der Waals surface area contributed by atoms with Gasteiger partial charge >= 0.3 is 5.97 Å². The van der Waals surface area contributed by atoms with Crippen LogP contribution in [0.1, 0.15) is 44.1 Å². The largest absolute Gasteiger partial charge is 0.461 e. The van der Waals surface area contributed by atoms with Gasteiger partial charge in [0, 0.05) is 6.54 Å². The van der Waals surface area contributed by atoms with Crippen LogP contribution in [0, 0.1) is 5.92 Å². The molecule has 1 aromatic rings. The minimum Gasteiger partial charge on any atom is -0.461 e. The van der Waals surface area contributed by atoms with Crippen molar-refractivity contribution >= 4 is 5.97 Å². The van der Waals surface area contributed by atoms with E-state index in [9.17, 15) is 4.79 Å². The molecule has 3 rings (SSSR count). The third-order valence-corrected chi connectivity index (χ3v) is 4.92. The summed E-state index contributed by atoms with van der Waals surface area (Å²) in [4.78, 5) is 15.2. The van der Waals surface area contributed by atoms with Gasteiger partial charge in [0.2, 0.25) is 0 Å². The lowest BCUT2D eigenvalue weighted by atomic mass is 9.85. The summed E-state index contributed by atoms with van der Waals surface area (Å²) in [5.74, 6) is 0.0271. The highest BCUT2D eigenvalue weighted by Crippen LogP contribution is 2.34. The van der Waals surface area contributed by atoms with Crippen LogP contribution in [0.25, 0.3) is 0 Å². The Hall–Kier alpha value is -1.61. The fourth-order valence-corrected chi connectivity index (χ4v) is 3.79. The van der Waals surface area contributed by atoms with E-state index in [-0.39, 0.29) is 23.9 Å². The highest BCUT2D eigenvalue weighted by molar-refractivity contribution is 5.79. The standard InChI is InChI=1S/C20H27NO2/c1-16(15-21-13-7-8-14-21)23-20(22)19(18-11-5-6-12-18)17-9-3-2-4-10-17/h2-5,9-11,16,18-19H,6-8,12-15H2,1H3/t16-,18+,19-/m1/s1. The zero-order valence-electron chi connectivity index (χ0n) is 14.0. The summed E-state index contributed by atoms with van der Waals surface area (Å²) in [5, 5.41) is 0. The van der Waals surface area contributed by atoms with Gasteiger partial charge in [-0.2, -0.15) is 0 Å². The van der Waals surface area contributed by atoms with Crippen LogP contribution in [0.5, 0.6) is 0 Å². The van der Waals surface area contributed by atoms with E-state index in [1.165, 1.54) is 12.8 Å². The van der Waals surface area contributed by atoms with Crippen LogP contribution in [0.4, 0.5) is 0 Å². The van der Waals surface area contributed by atoms with E-state index >= 15 is 0 Å². The molecule has 1 aliphatic heterocycles. The van der Waals surface area contributed by atoms with Crippen molar-refractivity contribution in [2.45, 2.75) is 44.6 Å². The van der Waals surface area contributed by atoms with Crippen LogP contribution >= 0.6 is 0 Å². The molecule has 1 heterocycles. The summed E-state index contributed by atoms with van der Waals surface area (Å²) in [6.45, 7) is 5.14. The second kappa shape index (κ2) is 7.78. The van der Waals surface area contributed by atoms with Gasteiger partial charge in [-0.05, 0) is 57.2 Å². The lowest BCUT2D eigenvalue weighted by Gasteiger charge is -2.25. The predicted molar refractivity (Wildman–Crippen MR) is 92.3 cm³/mol. The van der Waals surface area contributed by atoms with Gasteiger partial charge in [0.15, 0.2) is 0 Å². The van der Waals surface area contributed by atoms with Gasteiger partial charge in [-0.1, -0.05) is 42.5 Å². The SMILES string of the molecule is C[C@H](CN1CCCC1)OC(=O)[C@H](c1ccccc1)[C@H]1C=CCC1. The van der Waals surface area contributed by atoms with Crippen molar-refractivity contribution in [3.63, 3.8) is 0 Å². The minimum atomic E-state index is -0.170. The van der Waals surface area contributed by atoms with Crippen molar-refractivity contribution in [2.24, 2.45) is 5.92 Å². The molecule has 0 radical (unpaired) electrons. The monoisotopic (exact) mass is 313 g/mol. The Bertz CT molecular complexity index is 534. The quantitative estimate of drug-likeness (QED) is 0.591. The normalized spacial score (nSPS) is 23.8. The number of hydrogen-bond donors (Lipinski definition) is 0. The lowest BCUT2D eigenvalue weighted by Crippen LogP contribution is -2.33. The lowest BCUT2D eigenvalue weighted by molar-refractivity contribution is -0.151. The maximum atomic E-state index is 12.8. The Morgan fingerprint density at radius 3 is 2.65 bits per heavy atom. The molecule has 2 aliphatic rings. The molecule has 3 heteroatoms. The molecule has 3 atom stereocenters. The molecule has 0 amide bonds. The minimum absolute atomic E-state index is 0.0443. The van der Waals surface area contributed by atoms with Crippen LogP contribution in [0.15, 0.2) is 42.5 Å². The molecule has 0 aromatic heterocycles. The summed E-state index contributed by atoms with van der Waals surface area (Å²) < 4.78 is 5.83. The van der Waals surface area contributed by atoms with Crippen molar-refractivity contribution < 1.29 is 9.53 Å². The second-order valence-corrected chi connectivity index (χ2v) is 6.81. The summed E-state index contributed by atoms with van der Waals surface area (Å²) in [7, 11) is 0. The van der Waals surface area contributed by atoms with Gasteiger partial charge in [0.25, 0.3) is 0 Å². The Kier molecular flexibility index (Phi) is 5.50. The first-order valence-corrected chi connectivity index (χ1v) is 8.88. The number of nitrogens with zero attached hydrogens (tertiary/aromatic N) is 1. The highest BCUT2D eigenvalue weighted by atomic mass is 16.5. The average Bonchev–Trinajstić information content (AvgIpc) is 3.22. The number of benzene rings is 1. The maximum Gasteiger partial charge on any atom is 0.314 e. The van der Waals surface area contributed by atoms with Crippen molar-refractivity contribution in [3.8, 4) is 0 Å². The highest BCUT2D eigenvalue weighted by Gasteiger charge is 2.32. The molecule has 0 bridgehead atoms. The molecule has 0 saturated carbocycles. The van der Waals surface area contributed by atoms with Crippen LogP contribution in [-0.2, 0) is 9.53 Å². The first-order chi connectivity index (χ1) is 11.2. The average molecular weight is 313 g/mol. The van der Waals surface area contributed by atoms with Gasteiger partial charge < -0.3 is 4.74 Å². The van der Waals surface area contributed by atoms with E-state index in [1.54, 1.807) is 0 Å². The number of carbonyl (C=O) groups is 1. The van der Waals surface area contributed by atoms with Crippen LogP contribution in [0.2, 0.25) is 0 Å². The first kappa shape index (κ1) is 16.3. The predicted octanol–water partition coefficient (Wildman–Crippen LogP) is 3.76. The molecule has 1 aromatic carbocycles. The molecule has 0 N–H and O–H groups in total. The Morgan fingerprint density at radius 1 is 1.26 bits per heavy atom. The summed E-state index contributed by atoms with van der Waals surface area (Å²) in [5.41, 5.74) is 1.07. The van der Waals surface area contributed by atoms with Crippen LogP contribution in [-0.4, -0.2) is 36.6 Å². The molecule has 124 valence electrons. The third kappa shape index (κ3) is 4.23. The molecule has 3 nitrogen and oxygen atoms in total. The Morgan fingerprint density at radius 2 is 2.00 bits per heavy atom. The number of rotatable bonds is 6. The fourth-order valence-electron chi connectivity index (χ4n) is 3.79. The van der Waals surface area contributed by atoms with E-state index in [0.29, 0.717) is 0 Å². The summed E-state index contributed by atoms with van der Waals surface area (Å²) in [6, 6.07) is 10.1. The van der Waals surface area contributed by atoms with Crippen LogP contribution in [0.3, 0.4) is 0 Å². The van der Waals surface area contributed by atoms with Gasteiger partial charge in [0.05, 0.1) is 5.92 Å². The van der Waals surface area contributed by atoms with Crippen molar-refractivity contribution in [1.82, 2.24) is 4.90 Å². The number of esters is 1. The Balaban J connectivity index is 1.66. The van der Waals surface area contributed by atoms with Crippen LogP contribution < -0.4 is 0 Å². The maximum absolute atomic E-state index is 12.8. The number of ether oxygens (including phenoxy) is 1. The summed E-state index contributed by atoms with van der Waals surface area (Å²) in [6.07, 6.45) is 8.95. The molecule has 1 fully saturated rings. The van der Waals surface area contributed by atoms with E-state index in [2.05, 4.69) is 17.1 Å². The second-order valence-electron chi connectivity index (χ2n) is 6.81. The smallest absolute Gasteiger partial charge is 0.314 e.